The molecule has 0 saturated carbocycles. The summed E-state index contributed by atoms with van der Waals surface area (Å²) in [6.07, 6.45) is 4.40. The summed E-state index contributed by atoms with van der Waals surface area (Å²) < 4.78 is 0. The quantitative estimate of drug-likeness (QED) is 0.740. The van der Waals surface area contributed by atoms with E-state index in [2.05, 4.69) is 43.2 Å². The molecular formula is C15H31N3O. The van der Waals surface area contributed by atoms with Crippen LogP contribution in [0.2, 0.25) is 0 Å². The molecule has 1 aliphatic rings. The topological polar surface area (TPSA) is 44.4 Å². The summed E-state index contributed by atoms with van der Waals surface area (Å²) in [5.74, 6) is 0.182. The van der Waals surface area contributed by atoms with Crippen LogP contribution in [0.25, 0.3) is 0 Å². The number of piperidine rings is 1. The van der Waals surface area contributed by atoms with Gasteiger partial charge in [-0.05, 0) is 59.2 Å². The van der Waals surface area contributed by atoms with Crippen LogP contribution in [0.15, 0.2) is 0 Å². The van der Waals surface area contributed by atoms with Crippen molar-refractivity contribution in [3.05, 3.63) is 0 Å². The number of carbonyl (C=O) groups excluding carboxylic acids is 1. The van der Waals surface area contributed by atoms with Crippen LogP contribution in [0.3, 0.4) is 0 Å². The number of hydrogen-bond donors (Lipinski definition) is 2. The minimum Gasteiger partial charge on any atom is -0.352 e. The minimum absolute atomic E-state index is 0.0166. The van der Waals surface area contributed by atoms with Gasteiger partial charge in [0.15, 0.2) is 0 Å². The molecule has 2 unspecified atom stereocenters. The van der Waals surface area contributed by atoms with Crippen molar-refractivity contribution in [2.24, 2.45) is 0 Å². The van der Waals surface area contributed by atoms with E-state index in [0.29, 0.717) is 6.04 Å². The van der Waals surface area contributed by atoms with Crippen LogP contribution in [0.4, 0.5) is 0 Å². The van der Waals surface area contributed by atoms with Crippen molar-refractivity contribution in [3.63, 3.8) is 0 Å². The first kappa shape index (κ1) is 16.4. The fourth-order valence-corrected chi connectivity index (χ4v) is 2.71. The van der Waals surface area contributed by atoms with E-state index in [-0.39, 0.29) is 18.0 Å². The van der Waals surface area contributed by atoms with Gasteiger partial charge in [-0.3, -0.25) is 9.69 Å². The van der Waals surface area contributed by atoms with E-state index in [4.69, 9.17) is 0 Å². The van der Waals surface area contributed by atoms with Gasteiger partial charge < -0.3 is 10.6 Å². The lowest BCUT2D eigenvalue weighted by molar-refractivity contribution is -0.127. The molecule has 0 aromatic heterocycles. The number of nitrogens with zero attached hydrogens (tertiary/aromatic N) is 1. The monoisotopic (exact) mass is 269 g/mol. The van der Waals surface area contributed by atoms with Crippen LogP contribution in [-0.2, 0) is 4.79 Å². The molecule has 19 heavy (non-hydrogen) atoms. The maximum Gasteiger partial charge on any atom is 0.237 e. The molecule has 1 fully saturated rings. The average molecular weight is 269 g/mol. The molecule has 0 spiro atoms. The molecule has 112 valence electrons. The Labute approximate surface area is 118 Å². The van der Waals surface area contributed by atoms with E-state index in [1.807, 2.05) is 0 Å². The minimum atomic E-state index is -0.0166. The summed E-state index contributed by atoms with van der Waals surface area (Å²) in [6.45, 7) is 11.6. The fraction of sp³-hybridized carbons (Fsp3) is 0.933. The molecule has 0 aromatic rings. The maximum absolute atomic E-state index is 12.3. The van der Waals surface area contributed by atoms with Gasteiger partial charge in [-0.25, -0.2) is 0 Å². The Hall–Kier alpha value is -0.610. The van der Waals surface area contributed by atoms with Crippen molar-refractivity contribution in [1.29, 1.82) is 0 Å². The van der Waals surface area contributed by atoms with Gasteiger partial charge in [0.2, 0.25) is 5.91 Å². The van der Waals surface area contributed by atoms with Gasteiger partial charge in [-0.2, -0.15) is 0 Å². The van der Waals surface area contributed by atoms with E-state index in [1.54, 1.807) is 0 Å². The van der Waals surface area contributed by atoms with Crippen molar-refractivity contribution in [2.75, 3.05) is 19.6 Å². The van der Waals surface area contributed by atoms with Gasteiger partial charge in [-0.15, -0.1) is 0 Å². The number of carbonyl (C=O) groups is 1. The third-order valence-electron chi connectivity index (χ3n) is 4.14. The Morgan fingerprint density at radius 3 is 2.47 bits per heavy atom. The Morgan fingerprint density at radius 1 is 1.32 bits per heavy atom. The zero-order valence-corrected chi connectivity index (χ0v) is 13.0. The highest BCUT2D eigenvalue weighted by atomic mass is 16.2. The molecule has 0 bridgehead atoms. The van der Waals surface area contributed by atoms with Gasteiger partial charge in [-0.1, -0.05) is 13.8 Å². The molecule has 1 heterocycles. The van der Waals surface area contributed by atoms with Crippen LogP contribution < -0.4 is 10.6 Å². The van der Waals surface area contributed by atoms with Gasteiger partial charge in [0.25, 0.3) is 0 Å². The second kappa shape index (κ2) is 8.54. The van der Waals surface area contributed by atoms with Gasteiger partial charge >= 0.3 is 0 Å². The lowest BCUT2D eigenvalue weighted by atomic mass is 10.0. The van der Waals surface area contributed by atoms with Crippen LogP contribution in [0, 0.1) is 0 Å². The first-order chi connectivity index (χ1) is 9.10. The normalized spacial score (nSPS) is 20.3. The van der Waals surface area contributed by atoms with Gasteiger partial charge in [0, 0.05) is 12.1 Å². The van der Waals surface area contributed by atoms with Crippen molar-refractivity contribution >= 4 is 5.91 Å². The van der Waals surface area contributed by atoms with Gasteiger partial charge in [0.05, 0.1) is 6.04 Å². The summed E-state index contributed by atoms with van der Waals surface area (Å²) in [5, 5.41) is 6.51. The van der Waals surface area contributed by atoms with E-state index in [1.165, 1.54) is 0 Å². The zero-order chi connectivity index (χ0) is 14.3. The molecule has 0 aromatic carbocycles. The summed E-state index contributed by atoms with van der Waals surface area (Å²) >= 11 is 0. The largest absolute Gasteiger partial charge is 0.352 e. The van der Waals surface area contributed by atoms with Crippen molar-refractivity contribution in [2.45, 2.75) is 71.5 Å². The van der Waals surface area contributed by atoms with Crippen LogP contribution in [0.1, 0.15) is 53.4 Å². The molecule has 1 rings (SSSR count). The smallest absolute Gasteiger partial charge is 0.237 e. The lowest BCUT2D eigenvalue weighted by Crippen LogP contribution is -2.53. The Kier molecular flexibility index (Phi) is 7.39. The Morgan fingerprint density at radius 2 is 1.95 bits per heavy atom. The van der Waals surface area contributed by atoms with Crippen molar-refractivity contribution in [1.82, 2.24) is 15.5 Å². The predicted octanol–water partition coefficient (Wildman–Crippen LogP) is 1.75. The number of nitrogens with one attached hydrogen (secondary N) is 2. The molecule has 2 N–H and O–H groups in total. The zero-order valence-electron chi connectivity index (χ0n) is 13.0. The van der Waals surface area contributed by atoms with Crippen LogP contribution in [0.5, 0.6) is 0 Å². The van der Waals surface area contributed by atoms with E-state index in [0.717, 1.165) is 45.3 Å². The molecule has 4 nitrogen and oxygen atoms in total. The Balaban J connectivity index is 2.60. The highest BCUT2D eigenvalue weighted by molar-refractivity contribution is 5.81. The summed E-state index contributed by atoms with van der Waals surface area (Å²) in [5.41, 5.74) is 0. The van der Waals surface area contributed by atoms with Crippen molar-refractivity contribution in [3.8, 4) is 0 Å². The summed E-state index contributed by atoms with van der Waals surface area (Å²) in [7, 11) is 0. The predicted molar refractivity (Wildman–Crippen MR) is 80.2 cm³/mol. The van der Waals surface area contributed by atoms with Crippen LogP contribution >= 0.6 is 0 Å². The molecule has 1 saturated heterocycles. The van der Waals surface area contributed by atoms with E-state index < -0.39 is 0 Å². The maximum atomic E-state index is 12.3. The van der Waals surface area contributed by atoms with E-state index >= 15 is 0 Å². The van der Waals surface area contributed by atoms with Gasteiger partial charge in [0.1, 0.15) is 0 Å². The standard InChI is InChI=1S/C15H31N3O/c1-5-11-18(14-7-9-16-10-8-14)13(4)15(19)17-12(3)6-2/h12-14,16H,5-11H2,1-4H3,(H,17,19). The number of hydrogen-bond acceptors (Lipinski definition) is 3. The van der Waals surface area contributed by atoms with Crippen LogP contribution in [-0.4, -0.2) is 48.6 Å². The van der Waals surface area contributed by atoms with E-state index in [9.17, 15) is 4.79 Å². The molecule has 0 radical (unpaired) electrons. The highest BCUT2D eigenvalue weighted by Crippen LogP contribution is 2.16. The SMILES string of the molecule is CCCN(C1CCNCC1)C(C)C(=O)NC(C)CC. The number of rotatable bonds is 7. The van der Waals surface area contributed by atoms with Crippen molar-refractivity contribution < 1.29 is 4.79 Å². The average Bonchev–Trinajstić information content (AvgIpc) is 2.44. The molecule has 2 atom stereocenters. The third kappa shape index (κ3) is 5.11. The number of amides is 1. The molecule has 1 aliphatic heterocycles. The Bertz CT molecular complexity index is 264. The molecular weight excluding hydrogens is 238 g/mol. The fourth-order valence-electron chi connectivity index (χ4n) is 2.71. The first-order valence-corrected chi connectivity index (χ1v) is 7.86. The lowest BCUT2D eigenvalue weighted by Gasteiger charge is -2.38. The first-order valence-electron chi connectivity index (χ1n) is 7.86. The summed E-state index contributed by atoms with van der Waals surface area (Å²) in [4.78, 5) is 14.7. The highest BCUT2D eigenvalue weighted by Gasteiger charge is 2.28. The molecule has 0 aliphatic carbocycles. The third-order valence-corrected chi connectivity index (χ3v) is 4.14. The summed E-state index contributed by atoms with van der Waals surface area (Å²) in [6, 6.07) is 0.808. The molecule has 1 amide bonds. The second-order valence-corrected chi connectivity index (χ2v) is 5.71. The molecule has 4 heteroatoms. The second-order valence-electron chi connectivity index (χ2n) is 5.71.